The lowest BCUT2D eigenvalue weighted by molar-refractivity contribution is 0.0591. The van der Waals surface area contributed by atoms with Gasteiger partial charge < -0.3 is 9.64 Å². The Balaban J connectivity index is 2.27. The molecule has 0 unspecified atom stereocenters. The Bertz CT molecular complexity index is 655. The number of aromatic nitrogens is 2. The highest BCUT2D eigenvalue weighted by molar-refractivity contribution is 7.17. The SMILES string of the molecule is COC(=O)c1nc(N(C)Cc2ccccn2)sc1C(C)=O. The van der Waals surface area contributed by atoms with Crippen molar-refractivity contribution < 1.29 is 14.3 Å². The van der Waals surface area contributed by atoms with Gasteiger partial charge in [-0.1, -0.05) is 17.4 Å². The second-order valence-corrected chi connectivity index (χ2v) is 5.38. The van der Waals surface area contributed by atoms with Crippen molar-refractivity contribution in [1.29, 1.82) is 0 Å². The maximum atomic E-state index is 11.7. The molecular formula is C14H15N3O3S. The predicted molar refractivity (Wildman–Crippen MR) is 79.8 cm³/mol. The molecule has 0 saturated heterocycles. The number of thiazole rings is 1. The molecule has 0 amide bonds. The van der Waals surface area contributed by atoms with E-state index < -0.39 is 5.97 Å². The molecule has 110 valence electrons. The van der Waals surface area contributed by atoms with Crippen molar-refractivity contribution in [3.05, 3.63) is 40.7 Å². The van der Waals surface area contributed by atoms with Crippen LogP contribution in [0.25, 0.3) is 0 Å². The lowest BCUT2D eigenvalue weighted by Crippen LogP contribution is -2.17. The molecule has 2 aromatic rings. The van der Waals surface area contributed by atoms with Crippen LogP contribution in [0.4, 0.5) is 5.13 Å². The molecule has 0 aliphatic heterocycles. The second-order valence-electron chi connectivity index (χ2n) is 4.40. The molecule has 0 fully saturated rings. The van der Waals surface area contributed by atoms with Gasteiger partial charge in [-0.3, -0.25) is 9.78 Å². The number of ether oxygens (including phenoxy) is 1. The van der Waals surface area contributed by atoms with Gasteiger partial charge in [-0.15, -0.1) is 0 Å². The Morgan fingerprint density at radius 3 is 2.71 bits per heavy atom. The molecule has 21 heavy (non-hydrogen) atoms. The van der Waals surface area contributed by atoms with Gasteiger partial charge in [0.2, 0.25) is 0 Å². The summed E-state index contributed by atoms with van der Waals surface area (Å²) in [7, 11) is 3.10. The van der Waals surface area contributed by atoms with E-state index in [0.29, 0.717) is 16.6 Å². The number of hydrogen-bond donors (Lipinski definition) is 0. The number of methoxy groups -OCH3 is 1. The minimum atomic E-state index is -0.603. The summed E-state index contributed by atoms with van der Waals surface area (Å²) < 4.78 is 4.66. The predicted octanol–water partition coefficient (Wildman–Crippen LogP) is 2.16. The molecule has 2 aromatic heterocycles. The van der Waals surface area contributed by atoms with E-state index in [4.69, 9.17) is 0 Å². The van der Waals surface area contributed by atoms with E-state index in [1.54, 1.807) is 6.20 Å². The zero-order chi connectivity index (χ0) is 15.4. The van der Waals surface area contributed by atoms with Crippen LogP contribution in [0.2, 0.25) is 0 Å². The second kappa shape index (κ2) is 6.45. The van der Waals surface area contributed by atoms with Crippen LogP contribution in [0.15, 0.2) is 24.4 Å². The molecule has 0 aromatic carbocycles. The summed E-state index contributed by atoms with van der Waals surface area (Å²) in [6.07, 6.45) is 1.71. The van der Waals surface area contributed by atoms with E-state index in [1.807, 2.05) is 30.1 Å². The first-order chi connectivity index (χ1) is 10.0. The van der Waals surface area contributed by atoms with Crippen LogP contribution in [0.1, 0.15) is 32.8 Å². The number of hydrogen-bond acceptors (Lipinski definition) is 7. The van der Waals surface area contributed by atoms with E-state index in [9.17, 15) is 9.59 Å². The Labute approximate surface area is 126 Å². The number of carbonyl (C=O) groups excluding carboxylic acids is 2. The number of rotatable bonds is 5. The number of nitrogens with zero attached hydrogens (tertiary/aromatic N) is 3. The lowest BCUT2D eigenvalue weighted by Gasteiger charge is -2.14. The maximum Gasteiger partial charge on any atom is 0.358 e. The fourth-order valence-electron chi connectivity index (χ4n) is 1.75. The van der Waals surface area contributed by atoms with Crippen molar-refractivity contribution in [3.63, 3.8) is 0 Å². The Morgan fingerprint density at radius 1 is 1.38 bits per heavy atom. The summed E-state index contributed by atoms with van der Waals surface area (Å²) in [5.41, 5.74) is 0.942. The maximum absolute atomic E-state index is 11.7. The van der Waals surface area contributed by atoms with Gasteiger partial charge >= 0.3 is 5.97 Å². The third-order valence-corrected chi connectivity index (χ3v) is 4.04. The molecule has 0 aliphatic rings. The summed E-state index contributed by atoms with van der Waals surface area (Å²) >= 11 is 1.18. The Kier molecular flexibility index (Phi) is 4.64. The largest absolute Gasteiger partial charge is 0.464 e. The van der Waals surface area contributed by atoms with Crippen molar-refractivity contribution in [2.24, 2.45) is 0 Å². The minimum absolute atomic E-state index is 0.0675. The van der Waals surface area contributed by atoms with Gasteiger partial charge in [-0.25, -0.2) is 9.78 Å². The first kappa shape index (κ1) is 15.1. The van der Waals surface area contributed by atoms with Gasteiger partial charge in [0.25, 0.3) is 0 Å². The smallest absolute Gasteiger partial charge is 0.358 e. The van der Waals surface area contributed by atoms with Crippen LogP contribution in [0.3, 0.4) is 0 Å². The summed E-state index contributed by atoms with van der Waals surface area (Å²) in [5.74, 6) is -0.806. The van der Waals surface area contributed by atoms with E-state index in [0.717, 1.165) is 5.69 Å². The normalized spacial score (nSPS) is 10.2. The number of carbonyl (C=O) groups is 2. The van der Waals surface area contributed by atoms with E-state index in [2.05, 4.69) is 14.7 Å². The zero-order valence-corrected chi connectivity index (χ0v) is 12.8. The number of esters is 1. The monoisotopic (exact) mass is 305 g/mol. The molecule has 2 rings (SSSR count). The van der Waals surface area contributed by atoms with Gasteiger partial charge in [0.05, 0.1) is 19.3 Å². The van der Waals surface area contributed by atoms with Crippen molar-refractivity contribution in [1.82, 2.24) is 9.97 Å². The van der Waals surface area contributed by atoms with E-state index in [1.165, 1.54) is 25.4 Å². The molecular weight excluding hydrogens is 290 g/mol. The first-order valence-corrected chi connectivity index (χ1v) is 7.05. The molecule has 0 aliphatic carbocycles. The standard InChI is InChI=1S/C14H15N3O3S/c1-9(18)12-11(13(19)20-3)16-14(21-12)17(2)8-10-6-4-5-7-15-10/h4-7H,8H2,1-3H3. The van der Waals surface area contributed by atoms with E-state index >= 15 is 0 Å². The molecule has 0 saturated carbocycles. The topological polar surface area (TPSA) is 72.4 Å². The number of pyridine rings is 1. The first-order valence-electron chi connectivity index (χ1n) is 6.24. The molecule has 0 atom stereocenters. The van der Waals surface area contributed by atoms with Gasteiger partial charge in [0.1, 0.15) is 4.88 Å². The van der Waals surface area contributed by atoms with Crippen LogP contribution < -0.4 is 4.90 Å². The highest BCUT2D eigenvalue weighted by atomic mass is 32.1. The van der Waals surface area contributed by atoms with Crippen molar-refractivity contribution >= 4 is 28.2 Å². The van der Waals surface area contributed by atoms with Crippen LogP contribution in [0, 0.1) is 0 Å². The Hall–Kier alpha value is -2.28. The summed E-state index contributed by atoms with van der Waals surface area (Å²) in [4.78, 5) is 33.9. The lowest BCUT2D eigenvalue weighted by atomic mass is 10.3. The number of Topliss-reactive ketones (excluding diaryl/α,β-unsaturated/α-hetero) is 1. The molecule has 0 spiro atoms. The summed E-state index contributed by atoms with van der Waals surface area (Å²) in [5, 5.41) is 0.575. The fourth-order valence-corrected chi connectivity index (χ4v) is 2.66. The Morgan fingerprint density at radius 2 is 2.14 bits per heavy atom. The molecule has 0 bridgehead atoms. The van der Waals surface area contributed by atoms with Crippen LogP contribution in [-0.2, 0) is 11.3 Å². The van der Waals surface area contributed by atoms with Crippen molar-refractivity contribution in [2.45, 2.75) is 13.5 Å². The van der Waals surface area contributed by atoms with Gasteiger partial charge in [0.15, 0.2) is 16.6 Å². The number of anilines is 1. The zero-order valence-electron chi connectivity index (χ0n) is 12.0. The van der Waals surface area contributed by atoms with Gasteiger partial charge in [-0.05, 0) is 12.1 Å². The van der Waals surface area contributed by atoms with Gasteiger partial charge in [0, 0.05) is 20.2 Å². The van der Waals surface area contributed by atoms with E-state index in [-0.39, 0.29) is 11.5 Å². The fraction of sp³-hybridized carbons (Fsp3) is 0.286. The molecule has 6 nitrogen and oxygen atoms in total. The molecule has 0 radical (unpaired) electrons. The molecule has 0 N–H and O–H groups in total. The average molecular weight is 305 g/mol. The van der Waals surface area contributed by atoms with Crippen LogP contribution >= 0.6 is 11.3 Å². The van der Waals surface area contributed by atoms with Gasteiger partial charge in [-0.2, -0.15) is 0 Å². The quantitative estimate of drug-likeness (QED) is 0.622. The van der Waals surface area contributed by atoms with Crippen molar-refractivity contribution in [2.75, 3.05) is 19.1 Å². The van der Waals surface area contributed by atoms with Crippen molar-refractivity contribution in [3.8, 4) is 0 Å². The molecule has 7 heteroatoms. The average Bonchev–Trinajstić information content (AvgIpc) is 2.93. The highest BCUT2D eigenvalue weighted by Crippen LogP contribution is 2.27. The summed E-state index contributed by atoms with van der Waals surface area (Å²) in [6.45, 7) is 1.94. The van der Waals surface area contributed by atoms with Crippen LogP contribution in [-0.4, -0.2) is 35.9 Å². The summed E-state index contributed by atoms with van der Waals surface area (Å²) in [6, 6.07) is 5.65. The highest BCUT2D eigenvalue weighted by Gasteiger charge is 2.23. The molecule has 2 heterocycles. The third kappa shape index (κ3) is 3.43. The third-order valence-electron chi connectivity index (χ3n) is 2.77. The minimum Gasteiger partial charge on any atom is -0.464 e. The van der Waals surface area contributed by atoms with Crippen LogP contribution in [0.5, 0.6) is 0 Å². The number of ketones is 1.